The van der Waals surface area contributed by atoms with Crippen molar-refractivity contribution in [3.63, 3.8) is 0 Å². The number of alkyl halides is 2. The van der Waals surface area contributed by atoms with Gasteiger partial charge in [0, 0.05) is 26.2 Å². The summed E-state index contributed by atoms with van der Waals surface area (Å²) in [6, 6.07) is 21.3. The number of nitrogens with zero attached hydrogens (tertiary/aromatic N) is 2. The van der Waals surface area contributed by atoms with Gasteiger partial charge in [0.25, 0.3) is 0 Å². The number of hydrogen-bond donors (Lipinski definition) is 0. The minimum Gasteiger partial charge on any atom is -0.340 e. The summed E-state index contributed by atoms with van der Waals surface area (Å²) < 4.78 is -0.905. The molecule has 2 aliphatic rings. The maximum Gasteiger partial charge on any atom is 0.231 e. The topological polar surface area (TPSA) is 23.6 Å². The summed E-state index contributed by atoms with van der Waals surface area (Å²) in [5.74, 6) is 0.0862. The van der Waals surface area contributed by atoms with Gasteiger partial charge >= 0.3 is 0 Å². The maximum atomic E-state index is 12.9. The Morgan fingerprint density at radius 3 is 1.74 bits per heavy atom. The average molecular weight is 403 g/mol. The predicted molar refractivity (Wildman–Crippen MR) is 110 cm³/mol. The highest BCUT2D eigenvalue weighted by atomic mass is 35.5. The highest BCUT2D eigenvalue weighted by molar-refractivity contribution is 6.53. The standard InChI is InChI=1S/C22H24Cl2N2O/c1-21(16-22(21,23)24)20(27)26-14-12-25(13-15-26)19(17-8-4-2-5-9-17)18-10-6-3-7-11-18/h2-11,19H,12-16H2,1H3. The molecule has 0 bridgehead atoms. The SMILES string of the molecule is CC1(C(=O)N2CCN(C(c3ccccc3)c3ccccc3)CC2)CC1(Cl)Cl. The Labute approximate surface area is 170 Å². The van der Waals surface area contributed by atoms with E-state index in [9.17, 15) is 4.79 Å². The van der Waals surface area contributed by atoms with Crippen LogP contribution in [0.25, 0.3) is 0 Å². The smallest absolute Gasteiger partial charge is 0.231 e. The average Bonchev–Trinajstić information content (AvgIpc) is 3.22. The van der Waals surface area contributed by atoms with Gasteiger partial charge < -0.3 is 4.90 Å². The monoisotopic (exact) mass is 402 g/mol. The molecule has 1 aliphatic carbocycles. The molecule has 1 saturated carbocycles. The summed E-state index contributed by atoms with van der Waals surface area (Å²) >= 11 is 12.4. The molecule has 1 amide bonds. The number of rotatable bonds is 4. The summed E-state index contributed by atoms with van der Waals surface area (Å²) in [7, 11) is 0. The van der Waals surface area contributed by atoms with Gasteiger partial charge in [-0.05, 0) is 24.5 Å². The van der Waals surface area contributed by atoms with E-state index in [1.807, 2.05) is 24.0 Å². The summed E-state index contributed by atoms with van der Waals surface area (Å²) in [5.41, 5.74) is 1.92. The van der Waals surface area contributed by atoms with Crippen LogP contribution in [0, 0.1) is 5.41 Å². The minimum atomic E-state index is -0.905. The van der Waals surface area contributed by atoms with Gasteiger partial charge in [-0.3, -0.25) is 9.69 Å². The molecule has 4 rings (SSSR count). The summed E-state index contributed by atoms with van der Waals surface area (Å²) in [6.45, 7) is 4.93. The van der Waals surface area contributed by atoms with Gasteiger partial charge in [0.1, 0.15) is 4.33 Å². The molecule has 1 heterocycles. The lowest BCUT2D eigenvalue weighted by atomic mass is 9.96. The second kappa shape index (κ2) is 7.12. The molecule has 0 N–H and O–H groups in total. The van der Waals surface area contributed by atoms with E-state index in [2.05, 4.69) is 53.4 Å². The highest BCUT2D eigenvalue weighted by Gasteiger charge is 2.68. The van der Waals surface area contributed by atoms with Crippen molar-refractivity contribution in [3.8, 4) is 0 Å². The summed E-state index contributed by atoms with van der Waals surface area (Å²) in [5, 5.41) is 0. The Kier molecular flexibility index (Phi) is 4.96. The first-order valence-corrected chi connectivity index (χ1v) is 10.2. The van der Waals surface area contributed by atoms with E-state index >= 15 is 0 Å². The molecule has 0 aromatic heterocycles. The molecular weight excluding hydrogens is 379 g/mol. The Morgan fingerprint density at radius 2 is 1.33 bits per heavy atom. The fourth-order valence-corrected chi connectivity index (χ4v) is 4.75. The second-order valence-corrected chi connectivity index (χ2v) is 9.25. The Hall–Kier alpha value is -1.55. The van der Waals surface area contributed by atoms with E-state index in [0.29, 0.717) is 19.5 Å². The third-order valence-corrected chi connectivity index (χ3v) is 7.03. The first-order valence-electron chi connectivity index (χ1n) is 9.43. The molecule has 1 unspecified atom stereocenters. The summed E-state index contributed by atoms with van der Waals surface area (Å²) in [4.78, 5) is 17.2. The van der Waals surface area contributed by atoms with Gasteiger partial charge in [0.05, 0.1) is 11.5 Å². The molecule has 2 fully saturated rings. The zero-order chi connectivity index (χ0) is 19.1. The molecule has 5 heteroatoms. The number of carbonyl (C=O) groups excluding carboxylic acids is 1. The Morgan fingerprint density at radius 1 is 0.889 bits per heavy atom. The number of carbonyl (C=O) groups is 1. The van der Waals surface area contributed by atoms with E-state index in [0.717, 1.165) is 13.1 Å². The first kappa shape index (κ1) is 18.8. The van der Waals surface area contributed by atoms with Crippen LogP contribution in [0.4, 0.5) is 0 Å². The van der Waals surface area contributed by atoms with Crippen molar-refractivity contribution in [2.24, 2.45) is 5.41 Å². The molecule has 2 aromatic carbocycles. The van der Waals surface area contributed by atoms with Gasteiger partial charge in [-0.15, -0.1) is 23.2 Å². The Balaban J connectivity index is 1.50. The van der Waals surface area contributed by atoms with E-state index in [4.69, 9.17) is 23.2 Å². The number of benzene rings is 2. The van der Waals surface area contributed by atoms with E-state index in [-0.39, 0.29) is 11.9 Å². The molecule has 3 nitrogen and oxygen atoms in total. The fraction of sp³-hybridized carbons (Fsp3) is 0.409. The molecule has 2 aromatic rings. The van der Waals surface area contributed by atoms with Crippen LogP contribution in [0.2, 0.25) is 0 Å². The van der Waals surface area contributed by atoms with Gasteiger partial charge in [-0.2, -0.15) is 0 Å². The third-order valence-electron chi connectivity index (χ3n) is 5.93. The van der Waals surface area contributed by atoms with Crippen molar-refractivity contribution in [1.82, 2.24) is 9.80 Å². The molecule has 1 aliphatic heterocycles. The van der Waals surface area contributed by atoms with E-state index in [1.165, 1.54) is 11.1 Å². The molecule has 0 radical (unpaired) electrons. The fourth-order valence-electron chi connectivity index (χ4n) is 4.05. The van der Waals surface area contributed by atoms with Gasteiger partial charge in [0.2, 0.25) is 5.91 Å². The molecule has 0 spiro atoms. The largest absolute Gasteiger partial charge is 0.340 e. The van der Waals surface area contributed by atoms with Crippen molar-refractivity contribution in [2.75, 3.05) is 26.2 Å². The van der Waals surface area contributed by atoms with Crippen LogP contribution in [0.3, 0.4) is 0 Å². The molecule has 142 valence electrons. The lowest BCUT2D eigenvalue weighted by molar-refractivity contribution is -0.138. The van der Waals surface area contributed by atoms with Gasteiger partial charge in [-0.1, -0.05) is 60.7 Å². The quantitative estimate of drug-likeness (QED) is 0.702. The zero-order valence-corrected chi connectivity index (χ0v) is 17.0. The van der Waals surface area contributed by atoms with Crippen LogP contribution in [-0.4, -0.2) is 46.2 Å². The lowest BCUT2D eigenvalue weighted by Gasteiger charge is -2.40. The van der Waals surface area contributed by atoms with E-state index in [1.54, 1.807) is 0 Å². The molecule has 1 saturated heterocycles. The van der Waals surface area contributed by atoms with Crippen molar-refractivity contribution in [1.29, 1.82) is 0 Å². The van der Waals surface area contributed by atoms with Crippen molar-refractivity contribution in [3.05, 3.63) is 71.8 Å². The van der Waals surface area contributed by atoms with Crippen molar-refractivity contribution in [2.45, 2.75) is 23.7 Å². The molecular formula is C22H24Cl2N2O. The highest BCUT2D eigenvalue weighted by Crippen LogP contribution is 2.64. The lowest BCUT2D eigenvalue weighted by Crippen LogP contribution is -2.52. The van der Waals surface area contributed by atoms with Crippen LogP contribution in [0.15, 0.2) is 60.7 Å². The van der Waals surface area contributed by atoms with Gasteiger partial charge in [-0.25, -0.2) is 0 Å². The van der Waals surface area contributed by atoms with Crippen LogP contribution in [-0.2, 0) is 4.79 Å². The zero-order valence-electron chi connectivity index (χ0n) is 15.4. The number of amides is 1. The first-order chi connectivity index (χ1) is 12.9. The summed E-state index contributed by atoms with van der Waals surface area (Å²) in [6.07, 6.45) is 0.540. The maximum absolute atomic E-state index is 12.9. The second-order valence-electron chi connectivity index (χ2n) is 7.77. The van der Waals surface area contributed by atoms with Crippen LogP contribution in [0.1, 0.15) is 30.5 Å². The van der Waals surface area contributed by atoms with E-state index < -0.39 is 9.75 Å². The van der Waals surface area contributed by atoms with Crippen LogP contribution < -0.4 is 0 Å². The number of halogens is 2. The van der Waals surface area contributed by atoms with Crippen molar-refractivity contribution < 1.29 is 4.79 Å². The van der Waals surface area contributed by atoms with Crippen LogP contribution in [0.5, 0.6) is 0 Å². The normalized spacial score (nSPS) is 24.8. The third kappa shape index (κ3) is 3.49. The van der Waals surface area contributed by atoms with Gasteiger partial charge in [0.15, 0.2) is 0 Å². The predicted octanol–water partition coefficient (Wildman–Crippen LogP) is 4.50. The van der Waals surface area contributed by atoms with Crippen molar-refractivity contribution >= 4 is 29.1 Å². The number of piperazine rings is 1. The number of hydrogen-bond acceptors (Lipinski definition) is 2. The minimum absolute atomic E-state index is 0.0862. The Bertz CT molecular complexity index is 764. The molecule has 1 atom stereocenters. The van der Waals surface area contributed by atoms with Crippen LogP contribution >= 0.6 is 23.2 Å². The molecule has 27 heavy (non-hydrogen) atoms.